The number of halogens is 1. The van der Waals surface area contributed by atoms with E-state index in [1.165, 1.54) is 0 Å². The Hall–Kier alpha value is -1.50. The Morgan fingerprint density at radius 2 is 1.96 bits per heavy atom. The SMILES string of the molecule is CC(C)NC(=O)[C@H]1CS[C@H](c2cccs2)N1C(=O)c1ccc(Cl)cc1. The van der Waals surface area contributed by atoms with E-state index in [0.29, 0.717) is 16.3 Å². The van der Waals surface area contributed by atoms with Crippen molar-refractivity contribution >= 4 is 46.5 Å². The number of hydrogen-bond acceptors (Lipinski definition) is 4. The van der Waals surface area contributed by atoms with Gasteiger partial charge in [0.25, 0.3) is 5.91 Å². The second-order valence-corrected chi connectivity index (χ2v) is 8.63. The summed E-state index contributed by atoms with van der Waals surface area (Å²) in [5, 5.41) is 5.35. The first-order chi connectivity index (χ1) is 12.0. The second-order valence-electron chi connectivity index (χ2n) is 6.10. The van der Waals surface area contributed by atoms with Crippen LogP contribution in [-0.4, -0.2) is 34.6 Å². The maximum absolute atomic E-state index is 13.2. The first-order valence-electron chi connectivity index (χ1n) is 8.01. The fourth-order valence-corrected chi connectivity index (χ4v) is 5.25. The first kappa shape index (κ1) is 18.3. The van der Waals surface area contributed by atoms with Gasteiger partial charge in [0.2, 0.25) is 5.91 Å². The van der Waals surface area contributed by atoms with E-state index in [-0.39, 0.29) is 23.2 Å². The van der Waals surface area contributed by atoms with E-state index in [9.17, 15) is 9.59 Å². The maximum atomic E-state index is 13.2. The van der Waals surface area contributed by atoms with Crippen LogP contribution in [0.4, 0.5) is 0 Å². The van der Waals surface area contributed by atoms with Gasteiger partial charge in [0.1, 0.15) is 11.4 Å². The summed E-state index contributed by atoms with van der Waals surface area (Å²) in [7, 11) is 0. The molecule has 1 fully saturated rings. The molecule has 25 heavy (non-hydrogen) atoms. The molecule has 0 aliphatic carbocycles. The number of thiophene rings is 1. The summed E-state index contributed by atoms with van der Waals surface area (Å²) in [6, 6.07) is 10.3. The van der Waals surface area contributed by atoms with Crippen molar-refractivity contribution in [2.75, 3.05) is 5.75 Å². The fourth-order valence-electron chi connectivity index (χ4n) is 2.73. The van der Waals surface area contributed by atoms with Crippen molar-refractivity contribution in [3.8, 4) is 0 Å². The highest BCUT2D eigenvalue weighted by Gasteiger charge is 2.43. The maximum Gasteiger partial charge on any atom is 0.255 e. The Morgan fingerprint density at radius 1 is 1.24 bits per heavy atom. The van der Waals surface area contributed by atoms with E-state index < -0.39 is 6.04 Å². The van der Waals surface area contributed by atoms with Crippen molar-refractivity contribution in [2.24, 2.45) is 0 Å². The molecule has 4 nitrogen and oxygen atoms in total. The van der Waals surface area contributed by atoms with Gasteiger partial charge in [-0.1, -0.05) is 17.7 Å². The van der Waals surface area contributed by atoms with Crippen LogP contribution in [0.1, 0.15) is 34.5 Å². The summed E-state index contributed by atoms with van der Waals surface area (Å²) in [5.74, 6) is 0.327. The molecule has 0 saturated carbocycles. The predicted molar refractivity (Wildman–Crippen MR) is 104 cm³/mol. The highest BCUT2D eigenvalue weighted by Crippen LogP contribution is 2.43. The Labute approximate surface area is 160 Å². The number of carbonyl (C=O) groups is 2. The standard InChI is InChI=1S/C18H19ClN2O2S2/c1-11(2)20-16(22)14-10-25-18(15-4-3-9-24-15)21(14)17(23)12-5-7-13(19)8-6-12/h3-9,11,14,18H,10H2,1-2H3,(H,20,22)/t14-,18-/m1/s1. The Morgan fingerprint density at radius 3 is 2.56 bits per heavy atom. The molecule has 0 radical (unpaired) electrons. The molecule has 2 aromatic rings. The summed E-state index contributed by atoms with van der Waals surface area (Å²) < 4.78 is 0. The van der Waals surface area contributed by atoms with Crippen molar-refractivity contribution in [1.82, 2.24) is 10.2 Å². The lowest BCUT2D eigenvalue weighted by Crippen LogP contribution is -2.49. The van der Waals surface area contributed by atoms with Gasteiger partial charge in [0.05, 0.1) is 0 Å². The minimum atomic E-state index is -0.484. The number of amides is 2. The largest absolute Gasteiger partial charge is 0.352 e. The highest BCUT2D eigenvalue weighted by atomic mass is 35.5. The molecular formula is C18H19ClN2O2S2. The van der Waals surface area contributed by atoms with Gasteiger partial charge in [-0.3, -0.25) is 9.59 Å². The molecule has 1 N–H and O–H groups in total. The second kappa shape index (κ2) is 7.81. The van der Waals surface area contributed by atoms with Crippen LogP contribution in [0.5, 0.6) is 0 Å². The van der Waals surface area contributed by atoms with E-state index >= 15 is 0 Å². The Kier molecular flexibility index (Phi) is 5.71. The van der Waals surface area contributed by atoms with E-state index in [1.54, 1.807) is 52.3 Å². The lowest BCUT2D eigenvalue weighted by molar-refractivity contribution is -0.125. The summed E-state index contributed by atoms with van der Waals surface area (Å²) in [6.45, 7) is 3.84. The van der Waals surface area contributed by atoms with Crippen molar-refractivity contribution in [3.63, 3.8) is 0 Å². The molecule has 2 heterocycles. The van der Waals surface area contributed by atoms with Crippen LogP contribution in [0.3, 0.4) is 0 Å². The zero-order valence-electron chi connectivity index (χ0n) is 13.9. The first-order valence-corrected chi connectivity index (χ1v) is 10.3. The zero-order valence-corrected chi connectivity index (χ0v) is 16.3. The number of rotatable bonds is 4. The van der Waals surface area contributed by atoms with Crippen LogP contribution in [0.2, 0.25) is 5.02 Å². The molecule has 0 unspecified atom stereocenters. The molecule has 1 saturated heterocycles. The van der Waals surface area contributed by atoms with Gasteiger partial charge < -0.3 is 10.2 Å². The smallest absolute Gasteiger partial charge is 0.255 e. The number of nitrogens with one attached hydrogen (secondary N) is 1. The normalized spacial score (nSPS) is 20.1. The van der Waals surface area contributed by atoms with Crippen LogP contribution in [0, 0.1) is 0 Å². The molecule has 3 rings (SSSR count). The quantitative estimate of drug-likeness (QED) is 0.846. The highest BCUT2D eigenvalue weighted by molar-refractivity contribution is 7.99. The summed E-state index contributed by atoms with van der Waals surface area (Å²) in [6.07, 6.45) is 0. The number of benzene rings is 1. The molecule has 1 aromatic heterocycles. The molecule has 1 aliphatic heterocycles. The Bertz CT molecular complexity index is 747. The van der Waals surface area contributed by atoms with Gasteiger partial charge >= 0.3 is 0 Å². The molecule has 132 valence electrons. The van der Waals surface area contributed by atoms with Gasteiger partial charge in [0, 0.05) is 27.3 Å². The van der Waals surface area contributed by atoms with Crippen molar-refractivity contribution in [3.05, 3.63) is 57.2 Å². The average molecular weight is 395 g/mol. The molecule has 0 spiro atoms. The number of thioether (sulfide) groups is 1. The third-order valence-corrected chi connectivity index (χ3v) is 6.48. The van der Waals surface area contributed by atoms with E-state index in [1.807, 2.05) is 31.4 Å². The molecular weight excluding hydrogens is 376 g/mol. The zero-order chi connectivity index (χ0) is 18.0. The summed E-state index contributed by atoms with van der Waals surface area (Å²) in [5.41, 5.74) is 0.538. The van der Waals surface area contributed by atoms with Crippen molar-refractivity contribution in [2.45, 2.75) is 31.3 Å². The van der Waals surface area contributed by atoms with E-state index in [0.717, 1.165) is 4.88 Å². The van der Waals surface area contributed by atoms with E-state index in [2.05, 4.69) is 5.32 Å². The van der Waals surface area contributed by atoms with Gasteiger partial charge in [-0.25, -0.2) is 0 Å². The van der Waals surface area contributed by atoms with Crippen LogP contribution in [0.25, 0.3) is 0 Å². The molecule has 1 aliphatic rings. The average Bonchev–Trinajstić information content (AvgIpc) is 3.23. The third-order valence-electron chi connectivity index (χ3n) is 3.85. The van der Waals surface area contributed by atoms with Gasteiger partial charge in [-0.2, -0.15) is 0 Å². The summed E-state index contributed by atoms with van der Waals surface area (Å²) >= 11 is 9.16. The van der Waals surface area contributed by atoms with Crippen LogP contribution < -0.4 is 5.32 Å². The molecule has 1 aromatic carbocycles. The number of carbonyl (C=O) groups excluding carboxylic acids is 2. The van der Waals surface area contributed by atoms with Gasteiger partial charge in [0.15, 0.2) is 0 Å². The molecule has 0 bridgehead atoms. The van der Waals surface area contributed by atoms with Crippen LogP contribution in [0.15, 0.2) is 41.8 Å². The monoisotopic (exact) mass is 394 g/mol. The molecule has 7 heteroatoms. The Balaban J connectivity index is 1.92. The summed E-state index contributed by atoms with van der Waals surface area (Å²) in [4.78, 5) is 28.6. The minimum Gasteiger partial charge on any atom is -0.352 e. The minimum absolute atomic E-state index is 0.0331. The number of hydrogen-bond donors (Lipinski definition) is 1. The number of nitrogens with zero attached hydrogens (tertiary/aromatic N) is 1. The van der Waals surface area contributed by atoms with E-state index in [4.69, 9.17) is 11.6 Å². The van der Waals surface area contributed by atoms with Crippen LogP contribution >= 0.6 is 34.7 Å². The van der Waals surface area contributed by atoms with Crippen molar-refractivity contribution in [1.29, 1.82) is 0 Å². The van der Waals surface area contributed by atoms with Crippen molar-refractivity contribution < 1.29 is 9.59 Å². The van der Waals surface area contributed by atoms with Gasteiger partial charge in [-0.15, -0.1) is 23.1 Å². The molecule has 2 atom stereocenters. The lowest BCUT2D eigenvalue weighted by Gasteiger charge is -2.29. The third kappa shape index (κ3) is 4.02. The fraction of sp³-hybridized carbons (Fsp3) is 0.333. The van der Waals surface area contributed by atoms with Gasteiger partial charge in [-0.05, 0) is 49.6 Å². The van der Waals surface area contributed by atoms with Crippen LogP contribution in [-0.2, 0) is 4.79 Å². The molecule has 2 amide bonds. The topological polar surface area (TPSA) is 49.4 Å². The lowest BCUT2D eigenvalue weighted by atomic mass is 10.1. The predicted octanol–water partition coefficient (Wildman–Crippen LogP) is 4.18.